The molecule has 39 heavy (non-hydrogen) atoms. The highest BCUT2D eigenvalue weighted by Crippen LogP contribution is 2.30. The third kappa shape index (κ3) is 7.23. The molecule has 1 amide bonds. The van der Waals surface area contributed by atoms with Crippen LogP contribution in [-0.4, -0.2) is 64.6 Å². The van der Waals surface area contributed by atoms with Crippen LogP contribution in [0.1, 0.15) is 30.9 Å². The number of carbonyl (C=O) groups excluding carboxylic acids is 1. The molecule has 4 aromatic rings. The SMILES string of the molecule is CC(=O)NCCN(c1cccc(COC2CCN(CCc3ccccc3Br)CC2)c1)c1ncnc2[nH]ccc12. The molecule has 0 atom stereocenters. The van der Waals surface area contributed by atoms with Gasteiger partial charge in [0.2, 0.25) is 5.91 Å². The number of nitrogens with one attached hydrogen (secondary N) is 2. The largest absolute Gasteiger partial charge is 0.373 e. The zero-order valence-corrected chi connectivity index (χ0v) is 23.9. The molecule has 2 aromatic heterocycles. The highest BCUT2D eigenvalue weighted by atomic mass is 79.9. The van der Waals surface area contributed by atoms with Gasteiger partial charge in [-0.1, -0.05) is 46.3 Å². The van der Waals surface area contributed by atoms with Gasteiger partial charge in [-0.15, -0.1) is 0 Å². The fraction of sp³-hybridized carbons (Fsp3) is 0.367. The first-order valence-electron chi connectivity index (χ1n) is 13.5. The van der Waals surface area contributed by atoms with Crippen molar-refractivity contribution in [3.05, 3.63) is 82.7 Å². The Morgan fingerprint density at radius 3 is 2.82 bits per heavy atom. The summed E-state index contributed by atoms with van der Waals surface area (Å²) in [5, 5.41) is 3.84. The van der Waals surface area contributed by atoms with E-state index >= 15 is 0 Å². The number of aromatic amines is 1. The Kier molecular flexibility index (Phi) is 9.23. The maximum Gasteiger partial charge on any atom is 0.216 e. The van der Waals surface area contributed by atoms with E-state index in [1.54, 1.807) is 6.33 Å². The molecule has 0 bridgehead atoms. The number of piperidine rings is 1. The number of hydrogen-bond donors (Lipinski definition) is 2. The standard InChI is InChI=1S/C30H35BrN6O2/c1-22(38)32-14-18-37(30-27-9-13-33-29(27)34-21-35-30)25-7-4-5-23(19-25)20-39-26-11-16-36(17-12-26)15-10-24-6-2-3-8-28(24)31/h2-9,13,19,21,26H,10-12,14-18,20H2,1H3,(H,32,38)(H,33,34,35). The summed E-state index contributed by atoms with van der Waals surface area (Å²) in [5.74, 6) is 0.755. The molecule has 0 spiro atoms. The van der Waals surface area contributed by atoms with Crippen molar-refractivity contribution in [2.24, 2.45) is 0 Å². The van der Waals surface area contributed by atoms with E-state index in [9.17, 15) is 4.79 Å². The van der Waals surface area contributed by atoms with E-state index in [1.807, 2.05) is 12.3 Å². The molecule has 2 aromatic carbocycles. The van der Waals surface area contributed by atoms with Crippen molar-refractivity contribution >= 4 is 44.4 Å². The van der Waals surface area contributed by atoms with Crippen molar-refractivity contribution < 1.29 is 9.53 Å². The van der Waals surface area contributed by atoms with Crippen molar-refractivity contribution in [1.82, 2.24) is 25.2 Å². The van der Waals surface area contributed by atoms with Crippen LogP contribution in [0, 0.1) is 0 Å². The average molecular weight is 592 g/mol. The third-order valence-corrected chi connectivity index (χ3v) is 7.97. The number of likely N-dealkylation sites (tertiary alicyclic amines) is 1. The Bertz CT molecular complexity index is 1380. The molecule has 0 saturated carbocycles. The lowest BCUT2D eigenvalue weighted by Crippen LogP contribution is -2.38. The minimum Gasteiger partial charge on any atom is -0.373 e. The maximum atomic E-state index is 11.5. The van der Waals surface area contributed by atoms with Gasteiger partial charge < -0.3 is 24.8 Å². The van der Waals surface area contributed by atoms with E-state index in [1.165, 1.54) is 17.0 Å². The number of nitrogens with zero attached hydrogens (tertiary/aromatic N) is 4. The number of ether oxygens (including phenoxy) is 1. The van der Waals surface area contributed by atoms with Crippen LogP contribution < -0.4 is 10.2 Å². The van der Waals surface area contributed by atoms with Gasteiger partial charge in [0.25, 0.3) is 0 Å². The van der Waals surface area contributed by atoms with Gasteiger partial charge in [0.1, 0.15) is 17.8 Å². The molecule has 1 fully saturated rings. The Morgan fingerprint density at radius 1 is 1.15 bits per heavy atom. The van der Waals surface area contributed by atoms with Gasteiger partial charge in [-0.3, -0.25) is 4.79 Å². The van der Waals surface area contributed by atoms with Crippen LogP contribution in [0.3, 0.4) is 0 Å². The summed E-state index contributed by atoms with van der Waals surface area (Å²) in [7, 11) is 0. The van der Waals surface area contributed by atoms with Crippen molar-refractivity contribution in [3.8, 4) is 0 Å². The fourth-order valence-electron chi connectivity index (χ4n) is 5.08. The normalized spacial score (nSPS) is 14.5. The van der Waals surface area contributed by atoms with Crippen molar-refractivity contribution in [2.75, 3.05) is 37.6 Å². The number of halogens is 1. The molecule has 5 rings (SSSR count). The van der Waals surface area contributed by atoms with Crippen molar-refractivity contribution in [3.63, 3.8) is 0 Å². The first kappa shape index (κ1) is 27.3. The first-order chi connectivity index (χ1) is 19.1. The molecule has 2 N–H and O–H groups in total. The number of amides is 1. The smallest absolute Gasteiger partial charge is 0.216 e. The Balaban J connectivity index is 1.19. The fourth-order valence-corrected chi connectivity index (χ4v) is 5.57. The second-order valence-electron chi connectivity index (χ2n) is 9.94. The highest BCUT2D eigenvalue weighted by Gasteiger charge is 2.20. The summed E-state index contributed by atoms with van der Waals surface area (Å²) in [5.41, 5.74) is 4.27. The summed E-state index contributed by atoms with van der Waals surface area (Å²) in [4.78, 5) is 28.3. The third-order valence-electron chi connectivity index (χ3n) is 7.20. The van der Waals surface area contributed by atoms with E-state index in [2.05, 4.69) is 94.5 Å². The lowest BCUT2D eigenvalue weighted by molar-refractivity contribution is -0.118. The van der Waals surface area contributed by atoms with Crippen molar-refractivity contribution in [2.45, 2.75) is 38.9 Å². The second-order valence-corrected chi connectivity index (χ2v) is 10.8. The minimum atomic E-state index is -0.0504. The quantitative estimate of drug-likeness (QED) is 0.249. The zero-order chi connectivity index (χ0) is 27.0. The number of hydrogen-bond acceptors (Lipinski definition) is 6. The molecular formula is C30H35BrN6O2. The number of fused-ring (bicyclic) bond motifs is 1. The molecule has 1 aliphatic heterocycles. The molecule has 3 heterocycles. The van der Waals surface area contributed by atoms with Crippen LogP contribution >= 0.6 is 15.9 Å². The lowest BCUT2D eigenvalue weighted by Gasteiger charge is -2.32. The topological polar surface area (TPSA) is 86.4 Å². The molecule has 0 unspecified atom stereocenters. The lowest BCUT2D eigenvalue weighted by atomic mass is 10.1. The van der Waals surface area contributed by atoms with Crippen LogP contribution in [-0.2, 0) is 22.6 Å². The summed E-state index contributed by atoms with van der Waals surface area (Å²) < 4.78 is 7.56. The number of anilines is 2. The Hall–Kier alpha value is -3.27. The van der Waals surface area contributed by atoms with E-state index < -0.39 is 0 Å². The number of aromatic nitrogens is 3. The van der Waals surface area contributed by atoms with Gasteiger partial charge in [0.05, 0.1) is 18.1 Å². The highest BCUT2D eigenvalue weighted by molar-refractivity contribution is 9.10. The van der Waals surface area contributed by atoms with Gasteiger partial charge in [0.15, 0.2) is 0 Å². The van der Waals surface area contributed by atoms with E-state index in [0.29, 0.717) is 19.7 Å². The predicted octanol–water partition coefficient (Wildman–Crippen LogP) is 5.22. The predicted molar refractivity (Wildman–Crippen MR) is 158 cm³/mol. The summed E-state index contributed by atoms with van der Waals surface area (Å²) in [6.45, 7) is 6.38. The molecule has 9 heteroatoms. The monoisotopic (exact) mass is 590 g/mol. The van der Waals surface area contributed by atoms with Crippen LogP contribution in [0.5, 0.6) is 0 Å². The minimum absolute atomic E-state index is 0.0504. The Labute approximate surface area is 237 Å². The summed E-state index contributed by atoms with van der Waals surface area (Å²) in [6.07, 6.45) is 6.85. The summed E-state index contributed by atoms with van der Waals surface area (Å²) >= 11 is 3.66. The average Bonchev–Trinajstić information content (AvgIpc) is 3.44. The van der Waals surface area contributed by atoms with Gasteiger partial charge in [-0.2, -0.15) is 0 Å². The number of rotatable bonds is 11. The molecule has 0 radical (unpaired) electrons. The summed E-state index contributed by atoms with van der Waals surface area (Å²) in [6, 6.07) is 18.8. The van der Waals surface area contributed by atoms with Crippen LogP contribution in [0.25, 0.3) is 11.0 Å². The van der Waals surface area contributed by atoms with Gasteiger partial charge >= 0.3 is 0 Å². The van der Waals surface area contributed by atoms with E-state index in [4.69, 9.17) is 4.74 Å². The van der Waals surface area contributed by atoms with E-state index in [0.717, 1.165) is 67.0 Å². The number of carbonyl (C=O) groups is 1. The van der Waals surface area contributed by atoms with Crippen LogP contribution in [0.15, 0.2) is 71.6 Å². The van der Waals surface area contributed by atoms with Gasteiger partial charge in [-0.25, -0.2) is 9.97 Å². The first-order valence-corrected chi connectivity index (χ1v) is 14.3. The van der Waals surface area contributed by atoms with E-state index in [-0.39, 0.29) is 12.0 Å². The van der Waals surface area contributed by atoms with Gasteiger partial charge in [-0.05, 0) is 54.7 Å². The number of H-pyrrole nitrogens is 1. The molecule has 1 saturated heterocycles. The zero-order valence-electron chi connectivity index (χ0n) is 22.3. The Morgan fingerprint density at radius 2 is 2.00 bits per heavy atom. The second kappa shape index (κ2) is 13.2. The van der Waals surface area contributed by atoms with Crippen LogP contribution in [0.2, 0.25) is 0 Å². The van der Waals surface area contributed by atoms with Crippen LogP contribution in [0.4, 0.5) is 11.5 Å². The number of benzene rings is 2. The maximum absolute atomic E-state index is 11.5. The molecular weight excluding hydrogens is 556 g/mol. The van der Waals surface area contributed by atoms with Gasteiger partial charge in [0, 0.05) is 56.0 Å². The molecule has 204 valence electrons. The van der Waals surface area contributed by atoms with Crippen molar-refractivity contribution in [1.29, 1.82) is 0 Å². The molecule has 0 aliphatic carbocycles. The molecule has 8 nitrogen and oxygen atoms in total. The molecule has 1 aliphatic rings.